The van der Waals surface area contributed by atoms with E-state index in [2.05, 4.69) is 6.92 Å². The SMILES string of the molecule is CC1CC2(CCC1COC1CCCCO1)OCCO2. The summed E-state index contributed by atoms with van der Waals surface area (Å²) >= 11 is 0. The second-order valence-electron chi connectivity index (χ2n) is 6.22. The first-order chi connectivity index (χ1) is 9.27. The molecule has 3 rings (SSSR count). The lowest BCUT2D eigenvalue weighted by molar-refractivity contribution is -0.208. The molecule has 0 radical (unpaired) electrons. The maximum absolute atomic E-state index is 5.94. The van der Waals surface area contributed by atoms with Gasteiger partial charge in [-0.3, -0.25) is 0 Å². The average molecular weight is 270 g/mol. The third kappa shape index (κ3) is 3.30. The second-order valence-corrected chi connectivity index (χ2v) is 6.22. The summed E-state index contributed by atoms with van der Waals surface area (Å²) in [5.74, 6) is 0.941. The quantitative estimate of drug-likeness (QED) is 0.790. The smallest absolute Gasteiger partial charge is 0.168 e. The molecular formula is C15H26O4. The molecule has 0 aromatic carbocycles. The highest BCUT2D eigenvalue weighted by atomic mass is 16.7. The van der Waals surface area contributed by atoms with Crippen LogP contribution in [0.5, 0.6) is 0 Å². The molecule has 2 heterocycles. The summed E-state index contributed by atoms with van der Waals surface area (Å²) in [5, 5.41) is 0. The Labute approximate surface area is 115 Å². The molecule has 0 N–H and O–H groups in total. The normalized spacial score (nSPS) is 38.7. The first-order valence-electron chi connectivity index (χ1n) is 7.79. The van der Waals surface area contributed by atoms with Crippen molar-refractivity contribution in [3.63, 3.8) is 0 Å². The first-order valence-corrected chi connectivity index (χ1v) is 7.79. The summed E-state index contributed by atoms with van der Waals surface area (Å²) in [5.41, 5.74) is 0. The molecule has 0 amide bonds. The first kappa shape index (κ1) is 13.8. The predicted octanol–water partition coefficient (Wildman–Crippen LogP) is 2.71. The van der Waals surface area contributed by atoms with Gasteiger partial charge in [-0.2, -0.15) is 0 Å². The molecule has 4 heteroatoms. The minimum absolute atomic E-state index is 0.0378. The van der Waals surface area contributed by atoms with Gasteiger partial charge in [0.05, 0.1) is 19.8 Å². The van der Waals surface area contributed by atoms with Crippen molar-refractivity contribution in [2.24, 2.45) is 11.8 Å². The van der Waals surface area contributed by atoms with E-state index in [9.17, 15) is 0 Å². The molecule has 19 heavy (non-hydrogen) atoms. The monoisotopic (exact) mass is 270 g/mol. The van der Waals surface area contributed by atoms with Crippen molar-refractivity contribution in [3.05, 3.63) is 0 Å². The highest BCUT2D eigenvalue weighted by molar-refractivity contribution is 4.86. The van der Waals surface area contributed by atoms with Gasteiger partial charge in [-0.1, -0.05) is 6.92 Å². The van der Waals surface area contributed by atoms with Crippen molar-refractivity contribution < 1.29 is 18.9 Å². The largest absolute Gasteiger partial charge is 0.353 e. The van der Waals surface area contributed by atoms with Crippen LogP contribution >= 0.6 is 0 Å². The van der Waals surface area contributed by atoms with E-state index in [-0.39, 0.29) is 12.1 Å². The van der Waals surface area contributed by atoms with Crippen LogP contribution in [-0.4, -0.2) is 38.5 Å². The summed E-state index contributed by atoms with van der Waals surface area (Å²) in [7, 11) is 0. The van der Waals surface area contributed by atoms with E-state index in [0.29, 0.717) is 11.8 Å². The van der Waals surface area contributed by atoms with E-state index in [0.717, 1.165) is 52.1 Å². The lowest BCUT2D eigenvalue weighted by Crippen LogP contribution is -2.41. The molecular weight excluding hydrogens is 244 g/mol. The number of hydrogen-bond donors (Lipinski definition) is 0. The number of hydrogen-bond acceptors (Lipinski definition) is 4. The van der Waals surface area contributed by atoms with Crippen LogP contribution in [0.1, 0.15) is 45.4 Å². The molecule has 4 nitrogen and oxygen atoms in total. The molecule has 3 fully saturated rings. The topological polar surface area (TPSA) is 36.9 Å². The minimum Gasteiger partial charge on any atom is -0.353 e. The van der Waals surface area contributed by atoms with Crippen LogP contribution in [-0.2, 0) is 18.9 Å². The third-order valence-electron chi connectivity index (χ3n) is 4.78. The van der Waals surface area contributed by atoms with Crippen LogP contribution in [0, 0.1) is 11.8 Å². The van der Waals surface area contributed by atoms with Crippen molar-refractivity contribution in [1.29, 1.82) is 0 Å². The zero-order valence-corrected chi connectivity index (χ0v) is 11.9. The zero-order chi connectivity index (χ0) is 13.1. The standard InChI is InChI=1S/C15H26O4/c1-12-10-15(18-8-9-19-15)6-5-13(12)11-17-14-4-2-3-7-16-14/h12-14H,2-11H2,1H3. The Kier molecular flexibility index (Phi) is 4.42. The van der Waals surface area contributed by atoms with Gasteiger partial charge >= 0.3 is 0 Å². The molecule has 1 spiro atoms. The molecule has 1 aliphatic carbocycles. The molecule has 110 valence electrons. The number of ether oxygens (including phenoxy) is 4. The van der Waals surface area contributed by atoms with Gasteiger partial charge in [0.15, 0.2) is 12.1 Å². The van der Waals surface area contributed by atoms with E-state index in [4.69, 9.17) is 18.9 Å². The van der Waals surface area contributed by atoms with Crippen molar-refractivity contribution >= 4 is 0 Å². The maximum atomic E-state index is 5.94. The molecule has 0 aromatic rings. The highest BCUT2D eigenvalue weighted by Crippen LogP contribution is 2.41. The Morgan fingerprint density at radius 1 is 1.11 bits per heavy atom. The molecule has 2 saturated heterocycles. The Balaban J connectivity index is 1.44. The van der Waals surface area contributed by atoms with Crippen LogP contribution in [0.15, 0.2) is 0 Å². The van der Waals surface area contributed by atoms with E-state index in [1.165, 1.54) is 12.8 Å². The molecule has 3 unspecified atom stereocenters. The van der Waals surface area contributed by atoms with Gasteiger partial charge in [0.1, 0.15) is 0 Å². The van der Waals surface area contributed by atoms with Crippen molar-refractivity contribution in [2.75, 3.05) is 26.4 Å². The lowest BCUT2D eigenvalue weighted by Gasteiger charge is -2.40. The lowest BCUT2D eigenvalue weighted by atomic mass is 9.77. The summed E-state index contributed by atoms with van der Waals surface area (Å²) in [6, 6.07) is 0. The van der Waals surface area contributed by atoms with Crippen molar-refractivity contribution in [3.8, 4) is 0 Å². The molecule has 3 aliphatic rings. The van der Waals surface area contributed by atoms with Crippen molar-refractivity contribution in [2.45, 2.75) is 57.5 Å². The molecule has 0 aromatic heterocycles. The van der Waals surface area contributed by atoms with Gasteiger partial charge in [-0.25, -0.2) is 0 Å². The van der Waals surface area contributed by atoms with Gasteiger partial charge in [0.2, 0.25) is 0 Å². The molecule has 0 bridgehead atoms. The molecule has 2 aliphatic heterocycles. The summed E-state index contributed by atoms with van der Waals surface area (Å²) < 4.78 is 23.2. The van der Waals surface area contributed by atoms with Crippen LogP contribution in [0.25, 0.3) is 0 Å². The van der Waals surface area contributed by atoms with Crippen LogP contribution in [0.4, 0.5) is 0 Å². The van der Waals surface area contributed by atoms with Gasteiger partial charge in [-0.05, 0) is 37.5 Å². The van der Waals surface area contributed by atoms with E-state index in [1.54, 1.807) is 0 Å². The predicted molar refractivity (Wildman–Crippen MR) is 70.7 cm³/mol. The highest BCUT2D eigenvalue weighted by Gasteiger charge is 2.43. The fourth-order valence-electron chi connectivity index (χ4n) is 3.53. The Hall–Kier alpha value is -0.160. The second kappa shape index (κ2) is 6.08. The van der Waals surface area contributed by atoms with E-state index < -0.39 is 0 Å². The zero-order valence-electron chi connectivity index (χ0n) is 11.9. The fraction of sp³-hybridized carbons (Fsp3) is 1.00. The number of rotatable bonds is 3. The minimum atomic E-state index is -0.267. The van der Waals surface area contributed by atoms with Crippen molar-refractivity contribution in [1.82, 2.24) is 0 Å². The van der Waals surface area contributed by atoms with Crippen LogP contribution < -0.4 is 0 Å². The van der Waals surface area contributed by atoms with Crippen LogP contribution in [0.2, 0.25) is 0 Å². The molecule has 1 saturated carbocycles. The fourth-order valence-corrected chi connectivity index (χ4v) is 3.53. The Morgan fingerprint density at radius 2 is 1.95 bits per heavy atom. The van der Waals surface area contributed by atoms with E-state index in [1.807, 2.05) is 0 Å². The molecule has 3 atom stereocenters. The summed E-state index contributed by atoms with van der Waals surface area (Å²) in [4.78, 5) is 0. The summed E-state index contributed by atoms with van der Waals surface area (Å²) in [6.45, 7) is 5.48. The third-order valence-corrected chi connectivity index (χ3v) is 4.78. The van der Waals surface area contributed by atoms with E-state index >= 15 is 0 Å². The maximum Gasteiger partial charge on any atom is 0.168 e. The summed E-state index contributed by atoms with van der Waals surface area (Å²) in [6.07, 6.45) is 6.65. The van der Waals surface area contributed by atoms with Gasteiger partial charge in [-0.15, -0.1) is 0 Å². The van der Waals surface area contributed by atoms with Gasteiger partial charge in [0, 0.05) is 19.4 Å². The average Bonchev–Trinajstić information content (AvgIpc) is 2.87. The van der Waals surface area contributed by atoms with Gasteiger partial charge in [0.25, 0.3) is 0 Å². The van der Waals surface area contributed by atoms with Gasteiger partial charge < -0.3 is 18.9 Å². The Morgan fingerprint density at radius 3 is 2.63 bits per heavy atom. The van der Waals surface area contributed by atoms with Crippen LogP contribution in [0.3, 0.4) is 0 Å². The Bertz CT molecular complexity index is 282.